The van der Waals surface area contributed by atoms with Crippen LogP contribution in [0.5, 0.6) is 0 Å². The lowest BCUT2D eigenvalue weighted by Gasteiger charge is -2.31. The summed E-state index contributed by atoms with van der Waals surface area (Å²) < 4.78 is 5.63. The molecule has 0 unspecified atom stereocenters. The fraction of sp³-hybridized carbons (Fsp3) is 0.538. The quantitative estimate of drug-likeness (QED) is 0.811. The number of anilines is 1. The molecule has 2 saturated heterocycles. The number of nitrogens with zero attached hydrogens (tertiary/aromatic N) is 1. The van der Waals surface area contributed by atoms with E-state index >= 15 is 0 Å². The molecule has 5 heteroatoms. The average molecular weight is 247 g/mol. The Morgan fingerprint density at radius 2 is 2.50 bits per heavy atom. The molecule has 0 aliphatic carbocycles. The highest BCUT2D eigenvalue weighted by molar-refractivity contribution is 5.92. The van der Waals surface area contributed by atoms with Crippen LogP contribution in [0.2, 0.25) is 0 Å². The number of piperidine rings is 1. The number of amides is 1. The molecule has 2 fully saturated rings. The molecule has 96 valence electrons. The Morgan fingerprint density at radius 3 is 3.33 bits per heavy atom. The smallest absolute Gasteiger partial charge is 0.228 e. The molecule has 3 rings (SSSR count). The van der Waals surface area contributed by atoms with Crippen molar-refractivity contribution in [1.82, 2.24) is 10.3 Å². The summed E-state index contributed by atoms with van der Waals surface area (Å²) in [5.74, 6) is 0.0222. The van der Waals surface area contributed by atoms with E-state index in [1.54, 1.807) is 12.4 Å². The maximum absolute atomic E-state index is 12.1. The predicted octanol–water partition coefficient (Wildman–Crippen LogP) is 0.787. The van der Waals surface area contributed by atoms with Crippen molar-refractivity contribution in [2.75, 3.05) is 18.5 Å². The first-order valence-electron chi connectivity index (χ1n) is 6.39. The molecule has 0 spiro atoms. The molecule has 0 bridgehead atoms. The molecular weight excluding hydrogens is 230 g/mol. The zero-order valence-corrected chi connectivity index (χ0v) is 10.1. The molecule has 5 nitrogen and oxygen atoms in total. The first kappa shape index (κ1) is 11.6. The number of carbonyl (C=O) groups is 1. The number of fused-ring (bicyclic) bond motifs is 1. The highest BCUT2D eigenvalue weighted by Gasteiger charge is 2.37. The molecule has 1 amide bonds. The van der Waals surface area contributed by atoms with Crippen LogP contribution in [-0.4, -0.2) is 36.2 Å². The van der Waals surface area contributed by atoms with Crippen molar-refractivity contribution in [3.05, 3.63) is 24.5 Å². The maximum atomic E-state index is 12.1. The average Bonchev–Trinajstić information content (AvgIpc) is 2.87. The highest BCUT2D eigenvalue weighted by Crippen LogP contribution is 2.25. The van der Waals surface area contributed by atoms with Gasteiger partial charge in [-0.1, -0.05) is 0 Å². The van der Waals surface area contributed by atoms with Crippen molar-refractivity contribution in [3.63, 3.8) is 0 Å². The van der Waals surface area contributed by atoms with Gasteiger partial charge in [-0.05, 0) is 25.0 Å². The second-order valence-electron chi connectivity index (χ2n) is 4.88. The van der Waals surface area contributed by atoms with E-state index in [-0.39, 0.29) is 17.9 Å². The number of rotatable bonds is 2. The first-order valence-corrected chi connectivity index (χ1v) is 6.39. The standard InChI is InChI=1S/C13H17N3O2/c17-13(16-10-2-1-4-14-8-10)9-6-12-11(15-7-9)3-5-18-12/h1-2,4,8-9,11-12,15H,3,5-7H2,(H,16,17)/t9-,11-,12-/m1/s1. The summed E-state index contributed by atoms with van der Waals surface area (Å²) in [6.45, 7) is 1.54. The summed E-state index contributed by atoms with van der Waals surface area (Å²) in [7, 11) is 0. The van der Waals surface area contributed by atoms with Gasteiger partial charge < -0.3 is 15.4 Å². The number of hydrogen-bond acceptors (Lipinski definition) is 4. The van der Waals surface area contributed by atoms with Crippen molar-refractivity contribution >= 4 is 11.6 Å². The fourth-order valence-corrected chi connectivity index (χ4v) is 2.65. The van der Waals surface area contributed by atoms with Gasteiger partial charge in [0, 0.05) is 25.4 Å². The molecule has 3 heterocycles. The Bertz CT molecular complexity index is 424. The van der Waals surface area contributed by atoms with E-state index in [0.717, 1.165) is 31.7 Å². The van der Waals surface area contributed by atoms with Crippen LogP contribution in [0.4, 0.5) is 5.69 Å². The van der Waals surface area contributed by atoms with Crippen molar-refractivity contribution < 1.29 is 9.53 Å². The summed E-state index contributed by atoms with van der Waals surface area (Å²) >= 11 is 0. The number of nitrogens with one attached hydrogen (secondary N) is 2. The minimum Gasteiger partial charge on any atom is -0.377 e. The van der Waals surface area contributed by atoms with Crippen LogP contribution in [0.1, 0.15) is 12.8 Å². The largest absolute Gasteiger partial charge is 0.377 e. The van der Waals surface area contributed by atoms with Crippen LogP contribution in [-0.2, 0) is 9.53 Å². The zero-order valence-electron chi connectivity index (χ0n) is 10.1. The predicted molar refractivity (Wildman–Crippen MR) is 67.1 cm³/mol. The van der Waals surface area contributed by atoms with E-state index in [1.807, 2.05) is 12.1 Å². The van der Waals surface area contributed by atoms with Gasteiger partial charge in [0.1, 0.15) is 0 Å². The number of ether oxygens (including phenoxy) is 1. The number of carbonyl (C=O) groups excluding carboxylic acids is 1. The zero-order chi connectivity index (χ0) is 12.4. The molecule has 1 aromatic rings. The van der Waals surface area contributed by atoms with Crippen LogP contribution >= 0.6 is 0 Å². The number of pyridine rings is 1. The van der Waals surface area contributed by atoms with Crippen molar-refractivity contribution in [2.24, 2.45) is 5.92 Å². The van der Waals surface area contributed by atoms with E-state index in [0.29, 0.717) is 6.04 Å². The Hall–Kier alpha value is -1.46. The molecule has 3 atom stereocenters. The van der Waals surface area contributed by atoms with Gasteiger partial charge in [-0.25, -0.2) is 0 Å². The van der Waals surface area contributed by atoms with Crippen LogP contribution in [0.3, 0.4) is 0 Å². The summed E-state index contributed by atoms with van der Waals surface area (Å²) in [5.41, 5.74) is 0.747. The molecule has 2 aliphatic rings. The number of aromatic nitrogens is 1. The number of hydrogen-bond donors (Lipinski definition) is 2. The van der Waals surface area contributed by atoms with Crippen molar-refractivity contribution in [1.29, 1.82) is 0 Å². The molecule has 1 aromatic heterocycles. The Labute approximate surface area is 106 Å². The third kappa shape index (κ3) is 2.37. The van der Waals surface area contributed by atoms with Gasteiger partial charge in [0.05, 0.1) is 23.9 Å². The molecule has 0 radical (unpaired) electrons. The van der Waals surface area contributed by atoms with E-state index in [4.69, 9.17) is 4.74 Å². The van der Waals surface area contributed by atoms with Crippen molar-refractivity contribution in [2.45, 2.75) is 25.0 Å². The van der Waals surface area contributed by atoms with E-state index in [9.17, 15) is 4.79 Å². The normalized spacial score (nSPS) is 30.8. The fourth-order valence-electron chi connectivity index (χ4n) is 2.65. The molecule has 0 saturated carbocycles. The summed E-state index contributed by atoms with van der Waals surface area (Å²) in [4.78, 5) is 16.1. The Morgan fingerprint density at radius 1 is 1.56 bits per heavy atom. The van der Waals surface area contributed by atoms with E-state index in [2.05, 4.69) is 15.6 Å². The summed E-state index contributed by atoms with van der Waals surface area (Å²) in [6, 6.07) is 4.09. The van der Waals surface area contributed by atoms with Gasteiger partial charge in [-0.15, -0.1) is 0 Å². The first-order chi connectivity index (χ1) is 8.83. The Kier molecular flexibility index (Phi) is 3.25. The third-order valence-electron chi connectivity index (χ3n) is 3.65. The van der Waals surface area contributed by atoms with Crippen LogP contribution < -0.4 is 10.6 Å². The van der Waals surface area contributed by atoms with Gasteiger partial charge in [0.2, 0.25) is 5.91 Å². The minimum absolute atomic E-state index is 0.0236. The summed E-state index contributed by atoms with van der Waals surface area (Å²) in [6.07, 6.45) is 5.41. The van der Waals surface area contributed by atoms with Crippen LogP contribution in [0.25, 0.3) is 0 Å². The molecule has 2 aliphatic heterocycles. The second-order valence-corrected chi connectivity index (χ2v) is 4.88. The minimum atomic E-state index is -0.0236. The van der Waals surface area contributed by atoms with E-state index in [1.165, 1.54) is 0 Å². The van der Waals surface area contributed by atoms with Gasteiger partial charge in [0.15, 0.2) is 0 Å². The van der Waals surface area contributed by atoms with Crippen LogP contribution in [0.15, 0.2) is 24.5 Å². The van der Waals surface area contributed by atoms with Crippen LogP contribution in [0, 0.1) is 5.92 Å². The van der Waals surface area contributed by atoms with Gasteiger partial charge in [-0.2, -0.15) is 0 Å². The lowest BCUT2D eigenvalue weighted by atomic mass is 9.91. The monoisotopic (exact) mass is 247 g/mol. The highest BCUT2D eigenvalue weighted by atomic mass is 16.5. The lowest BCUT2D eigenvalue weighted by Crippen LogP contribution is -2.49. The maximum Gasteiger partial charge on any atom is 0.228 e. The third-order valence-corrected chi connectivity index (χ3v) is 3.65. The molecule has 2 N–H and O–H groups in total. The van der Waals surface area contributed by atoms with Gasteiger partial charge >= 0.3 is 0 Å². The Balaban J connectivity index is 1.60. The van der Waals surface area contributed by atoms with Gasteiger partial charge in [0.25, 0.3) is 0 Å². The van der Waals surface area contributed by atoms with E-state index < -0.39 is 0 Å². The molecule has 18 heavy (non-hydrogen) atoms. The summed E-state index contributed by atoms with van der Waals surface area (Å²) in [5, 5.41) is 6.29. The molecule has 0 aromatic carbocycles. The SMILES string of the molecule is O=C(Nc1cccnc1)[C@H]1CN[C@@H]2CCO[C@@H]2C1. The topological polar surface area (TPSA) is 63.2 Å². The molecular formula is C13H17N3O2. The van der Waals surface area contributed by atoms with Crippen molar-refractivity contribution in [3.8, 4) is 0 Å². The lowest BCUT2D eigenvalue weighted by molar-refractivity contribution is -0.121. The second kappa shape index (κ2) is 5.04. The van der Waals surface area contributed by atoms with Gasteiger partial charge in [-0.3, -0.25) is 9.78 Å².